The first kappa shape index (κ1) is 15.1. The van der Waals surface area contributed by atoms with Crippen molar-refractivity contribution in [1.29, 1.82) is 5.26 Å². The first-order valence-electron chi connectivity index (χ1n) is 8.13. The van der Waals surface area contributed by atoms with Crippen LogP contribution < -0.4 is 5.32 Å². The van der Waals surface area contributed by atoms with Crippen molar-refractivity contribution in [2.24, 2.45) is 5.92 Å². The van der Waals surface area contributed by atoms with Gasteiger partial charge in [0.15, 0.2) is 0 Å². The van der Waals surface area contributed by atoms with E-state index in [1.165, 1.54) is 6.42 Å². The summed E-state index contributed by atoms with van der Waals surface area (Å²) in [4.78, 5) is 14.1. The monoisotopic (exact) mass is 301 g/mol. The zero-order chi connectivity index (χ0) is 15.5. The van der Waals surface area contributed by atoms with Crippen molar-refractivity contribution in [3.63, 3.8) is 0 Å². The summed E-state index contributed by atoms with van der Waals surface area (Å²) in [6.07, 6.45) is 3.88. The topological polar surface area (TPSA) is 69.3 Å². The molecule has 1 aromatic rings. The summed E-state index contributed by atoms with van der Waals surface area (Å²) >= 11 is 0. The minimum atomic E-state index is -0.00950. The molecule has 1 aromatic heterocycles. The van der Waals surface area contributed by atoms with Crippen LogP contribution in [0.1, 0.15) is 50.0 Å². The Labute approximate surface area is 131 Å². The zero-order valence-corrected chi connectivity index (χ0v) is 13.0. The number of amides is 1. The predicted molar refractivity (Wildman–Crippen MR) is 81.9 cm³/mol. The number of furan rings is 1. The third-order valence-electron chi connectivity index (χ3n) is 4.49. The lowest BCUT2D eigenvalue weighted by Crippen LogP contribution is -2.38. The fourth-order valence-electron chi connectivity index (χ4n) is 2.85. The van der Waals surface area contributed by atoms with E-state index in [2.05, 4.69) is 23.2 Å². The maximum atomic E-state index is 11.9. The summed E-state index contributed by atoms with van der Waals surface area (Å²) in [5.41, 5.74) is 0. The molecule has 2 saturated carbocycles. The van der Waals surface area contributed by atoms with Gasteiger partial charge in [-0.2, -0.15) is 5.26 Å². The summed E-state index contributed by atoms with van der Waals surface area (Å²) in [6, 6.07) is 6.66. The number of nitrogens with zero attached hydrogens (tertiary/aromatic N) is 2. The molecule has 1 N–H and O–H groups in total. The van der Waals surface area contributed by atoms with E-state index in [1.807, 2.05) is 12.1 Å². The Morgan fingerprint density at radius 2 is 2.27 bits per heavy atom. The van der Waals surface area contributed by atoms with Gasteiger partial charge in [0.1, 0.15) is 11.5 Å². The molecule has 0 aromatic carbocycles. The van der Waals surface area contributed by atoms with Crippen molar-refractivity contribution in [2.75, 3.05) is 13.1 Å². The second-order valence-electron chi connectivity index (χ2n) is 6.52. The second-order valence-corrected chi connectivity index (χ2v) is 6.52. The Hall–Kier alpha value is -1.80. The van der Waals surface area contributed by atoms with Gasteiger partial charge in [-0.15, -0.1) is 0 Å². The Balaban J connectivity index is 1.52. The van der Waals surface area contributed by atoms with Crippen LogP contribution in [0.3, 0.4) is 0 Å². The molecule has 3 rings (SSSR count). The van der Waals surface area contributed by atoms with Gasteiger partial charge in [-0.25, -0.2) is 0 Å². The van der Waals surface area contributed by atoms with E-state index in [0.29, 0.717) is 38.0 Å². The highest BCUT2D eigenvalue weighted by molar-refractivity contribution is 5.78. The van der Waals surface area contributed by atoms with Gasteiger partial charge in [0, 0.05) is 18.5 Å². The molecule has 0 aliphatic heterocycles. The fourth-order valence-corrected chi connectivity index (χ4v) is 2.85. The first-order chi connectivity index (χ1) is 10.7. The second kappa shape index (κ2) is 6.53. The molecule has 5 heteroatoms. The summed E-state index contributed by atoms with van der Waals surface area (Å²) < 4.78 is 5.95. The van der Waals surface area contributed by atoms with Gasteiger partial charge in [0.05, 0.1) is 25.6 Å². The number of carbonyl (C=O) groups is 1. The number of nitriles is 1. The van der Waals surface area contributed by atoms with Gasteiger partial charge in [0.25, 0.3) is 0 Å². The lowest BCUT2D eigenvalue weighted by molar-refractivity contribution is -0.122. The van der Waals surface area contributed by atoms with Crippen molar-refractivity contribution >= 4 is 5.91 Å². The quantitative estimate of drug-likeness (QED) is 0.749. The SMILES string of the molecule is C[C@@H]1C[C@H]1c1ccc(CN(CC(=O)NCCC#N)C2CC2)o1. The Kier molecular flexibility index (Phi) is 4.49. The van der Waals surface area contributed by atoms with Gasteiger partial charge in [-0.3, -0.25) is 9.69 Å². The number of carbonyl (C=O) groups excluding carboxylic acids is 1. The van der Waals surface area contributed by atoms with E-state index < -0.39 is 0 Å². The number of hydrogen-bond donors (Lipinski definition) is 1. The van der Waals surface area contributed by atoms with Gasteiger partial charge in [-0.05, 0) is 37.3 Å². The molecule has 1 heterocycles. The van der Waals surface area contributed by atoms with Crippen molar-refractivity contribution in [1.82, 2.24) is 10.2 Å². The summed E-state index contributed by atoms with van der Waals surface area (Å²) in [6.45, 7) is 3.75. The van der Waals surface area contributed by atoms with Gasteiger partial charge < -0.3 is 9.73 Å². The van der Waals surface area contributed by atoms with Crippen LogP contribution in [0.5, 0.6) is 0 Å². The normalized spacial score (nSPS) is 23.3. The third kappa shape index (κ3) is 3.89. The largest absolute Gasteiger partial charge is 0.464 e. The highest BCUT2D eigenvalue weighted by atomic mass is 16.3. The van der Waals surface area contributed by atoms with Crippen LogP contribution in [0.25, 0.3) is 0 Å². The molecule has 0 bridgehead atoms. The Bertz CT molecular complexity index is 571. The lowest BCUT2D eigenvalue weighted by atomic mass is 10.3. The molecule has 2 fully saturated rings. The van der Waals surface area contributed by atoms with E-state index in [1.54, 1.807) is 0 Å². The molecule has 0 spiro atoms. The minimum absolute atomic E-state index is 0.00950. The Morgan fingerprint density at radius 1 is 1.50 bits per heavy atom. The van der Waals surface area contributed by atoms with Crippen LogP contribution in [0.15, 0.2) is 16.5 Å². The number of rotatable bonds is 8. The molecule has 2 aliphatic carbocycles. The van der Waals surface area contributed by atoms with Crippen molar-refractivity contribution in [3.8, 4) is 6.07 Å². The molecule has 118 valence electrons. The van der Waals surface area contributed by atoms with Crippen molar-refractivity contribution < 1.29 is 9.21 Å². The van der Waals surface area contributed by atoms with E-state index >= 15 is 0 Å². The minimum Gasteiger partial charge on any atom is -0.464 e. The van der Waals surface area contributed by atoms with Crippen molar-refractivity contribution in [3.05, 3.63) is 23.7 Å². The molecule has 5 nitrogen and oxygen atoms in total. The smallest absolute Gasteiger partial charge is 0.234 e. The highest BCUT2D eigenvalue weighted by Crippen LogP contribution is 2.47. The van der Waals surface area contributed by atoms with E-state index in [4.69, 9.17) is 9.68 Å². The van der Waals surface area contributed by atoms with Gasteiger partial charge >= 0.3 is 0 Å². The summed E-state index contributed by atoms with van der Waals surface area (Å²) in [5, 5.41) is 11.3. The lowest BCUT2D eigenvalue weighted by Gasteiger charge is -2.20. The van der Waals surface area contributed by atoms with Crippen LogP contribution in [0, 0.1) is 17.2 Å². The van der Waals surface area contributed by atoms with Crippen LogP contribution >= 0.6 is 0 Å². The molecule has 0 saturated heterocycles. The van der Waals surface area contributed by atoms with Gasteiger partial charge in [-0.1, -0.05) is 6.92 Å². The third-order valence-corrected chi connectivity index (χ3v) is 4.49. The molecular formula is C17H23N3O2. The van der Waals surface area contributed by atoms with Crippen molar-refractivity contribution in [2.45, 2.75) is 51.1 Å². The Morgan fingerprint density at radius 3 is 2.91 bits per heavy atom. The molecular weight excluding hydrogens is 278 g/mol. The molecule has 0 unspecified atom stereocenters. The maximum Gasteiger partial charge on any atom is 0.234 e. The van der Waals surface area contributed by atoms with Crippen LogP contribution in [-0.4, -0.2) is 29.9 Å². The molecule has 22 heavy (non-hydrogen) atoms. The first-order valence-corrected chi connectivity index (χ1v) is 8.13. The fraction of sp³-hybridized carbons (Fsp3) is 0.647. The molecule has 0 radical (unpaired) electrons. The molecule has 2 atom stereocenters. The van der Waals surface area contributed by atoms with Crippen LogP contribution in [-0.2, 0) is 11.3 Å². The summed E-state index contributed by atoms with van der Waals surface area (Å²) in [5.74, 6) is 3.37. The summed E-state index contributed by atoms with van der Waals surface area (Å²) in [7, 11) is 0. The van der Waals surface area contributed by atoms with E-state index in [-0.39, 0.29) is 5.91 Å². The van der Waals surface area contributed by atoms with E-state index in [0.717, 1.165) is 30.3 Å². The van der Waals surface area contributed by atoms with Gasteiger partial charge in [0.2, 0.25) is 5.91 Å². The number of hydrogen-bond acceptors (Lipinski definition) is 4. The average molecular weight is 301 g/mol. The molecule has 1 amide bonds. The van der Waals surface area contributed by atoms with Crippen LogP contribution in [0.2, 0.25) is 0 Å². The average Bonchev–Trinajstić information content (AvgIpc) is 3.40. The predicted octanol–water partition coefficient (Wildman–Crippen LogP) is 2.40. The maximum absolute atomic E-state index is 11.9. The van der Waals surface area contributed by atoms with E-state index in [9.17, 15) is 4.79 Å². The molecule has 2 aliphatic rings. The zero-order valence-electron chi connectivity index (χ0n) is 13.0. The number of nitrogens with one attached hydrogen (secondary N) is 1. The van der Waals surface area contributed by atoms with Crippen LogP contribution in [0.4, 0.5) is 0 Å². The standard InChI is InChI=1S/C17H23N3O2/c1-12-9-15(12)16-6-5-14(22-16)10-20(13-3-4-13)11-17(21)19-8-2-7-18/h5-6,12-13,15H,2-4,8-11H2,1H3,(H,19,21)/t12-,15-/m1/s1. The highest BCUT2D eigenvalue weighted by Gasteiger charge is 2.37.